The van der Waals surface area contributed by atoms with Crippen molar-refractivity contribution in [3.05, 3.63) is 0 Å². The number of carbonyl (C=O) groups excluding carboxylic acids is 1. The number of unbranched alkanes of at least 4 members (excludes halogenated alkanes) is 1. The van der Waals surface area contributed by atoms with Gasteiger partial charge in [-0.1, -0.05) is 33.6 Å². The molecule has 0 aromatic heterocycles. The van der Waals surface area contributed by atoms with Crippen LogP contribution in [0.3, 0.4) is 0 Å². The van der Waals surface area contributed by atoms with Gasteiger partial charge in [0.2, 0.25) is 0 Å². The van der Waals surface area contributed by atoms with Crippen molar-refractivity contribution < 1.29 is 14.3 Å². The Morgan fingerprint density at radius 1 is 1.19 bits per heavy atom. The molecule has 0 radical (unpaired) electrons. The average Bonchev–Trinajstić information content (AvgIpc) is 2.29. The van der Waals surface area contributed by atoms with E-state index in [1.54, 1.807) is 0 Å². The van der Waals surface area contributed by atoms with Gasteiger partial charge >= 0.3 is 5.97 Å². The van der Waals surface area contributed by atoms with Crippen LogP contribution in [0.5, 0.6) is 0 Å². The Labute approximate surface area is 99.5 Å². The highest BCUT2D eigenvalue weighted by Gasteiger charge is 2.06. The molecule has 0 spiro atoms. The molecule has 0 N–H and O–H groups in total. The van der Waals surface area contributed by atoms with Crippen molar-refractivity contribution in [2.24, 2.45) is 5.92 Å². The van der Waals surface area contributed by atoms with E-state index < -0.39 is 0 Å². The lowest BCUT2D eigenvalue weighted by molar-refractivity contribution is -0.146. The molecule has 96 valence electrons. The molecule has 0 aliphatic rings. The zero-order valence-electron chi connectivity index (χ0n) is 11.0. The minimum absolute atomic E-state index is 0.139. The minimum atomic E-state index is -0.139. The molecule has 3 nitrogen and oxygen atoms in total. The highest BCUT2D eigenvalue weighted by Crippen LogP contribution is 2.08. The zero-order chi connectivity index (χ0) is 12.2. The number of hydrogen-bond donors (Lipinski definition) is 0. The van der Waals surface area contributed by atoms with Crippen molar-refractivity contribution in [2.45, 2.75) is 52.9 Å². The van der Waals surface area contributed by atoms with Crippen molar-refractivity contribution in [1.29, 1.82) is 0 Å². The van der Waals surface area contributed by atoms with Crippen LogP contribution in [0, 0.1) is 5.92 Å². The summed E-state index contributed by atoms with van der Waals surface area (Å²) in [5.41, 5.74) is 0. The van der Waals surface area contributed by atoms with E-state index in [9.17, 15) is 4.79 Å². The highest BCUT2D eigenvalue weighted by molar-refractivity contribution is 5.69. The van der Waals surface area contributed by atoms with Crippen molar-refractivity contribution in [1.82, 2.24) is 0 Å². The first-order valence-corrected chi connectivity index (χ1v) is 6.44. The van der Waals surface area contributed by atoms with Gasteiger partial charge in [-0.05, 0) is 18.8 Å². The Hall–Kier alpha value is -0.570. The predicted molar refractivity (Wildman–Crippen MR) is 65.4 cm³/mol. The van der Waals surface area contributed by atoms with E-state index in [0.29, 0.717) is 25.6 Å². The van der Waals surface area contributed by atoms with Gasteiger partial charge in [0.15, 0.2) is 0 Å². The van der Waals surface area contributed by atoms with Gasteiger partial charge in [0, 0.05) is 6.61 Å². The standard InChI is InChI=1S/C13H26O3/c1-4-6-7-12(3)11-16-13(14)8-10-15-9-5-2/h12H,4-11H2,1-3H3. The van der Waals surface area contributed by atoms with Gasteiger partial charge in [-0.15, -0.1) is 0 Å². The molecule has 16 heavy (non-hydrogen) atoms. The van der Waals surface area contributed by atoms with Gasteiger partial charge in [-0.25, -0.2) is 0 Å². The Morgan fingerprint density at radius 3 is 2.56 bits per heavy atom. The Balaban J connectivity index is 3.35. The largest absolute Gasteiger partial charge is 0.465 e. The fourth-order valence-electron chi connectivity index (χ4n) is 1.35. The molecular formula is C13H26O3. The van der Waals surface area contributed by atoms with Gasteiger partial charge in [-0.2, -0.15) is 0 Å². The molecule has 1 atom stereocenters. The number of hydrogen-bond acceptors (Lipinski definition) is 3. The van der Waals surface area contributed by atoms with Gasteiger partial charge in [0.25, 0.3) is 0 Å². The van der Waals surface area contributed by atoms with Gasteiger partial charge in [0.1, 0.15) is 0 Å². The summed E-state index contributed by atoms with van der Waals surface area (Å²) in [6.45, 7) is 8.09. The molecule has 0 aromatic rings. The molecule has 0 rings (SSSR count). The third-order valence-electron chi connectivity index (χ3n) is 2.38. The van der Waals surface area contributed by atoms with Gasteiger partial charge < -0.3 is 9.47 Å². The van der Waals surface area contributed by atoms with Crippen LogP contribution < -0.4 is 0 Å². The van der Waals surface area contributed by atoms with E-state index in [0.717, 1.165) is 19.4 Å². The Kier molecular flexibility index (Phi) is 10.5. The van der Waals surface area contributed by atoms with E-state index in [4.69, 9.17) is 9.47 Å². The highest BCUT2D eigenvalue weighted by atomic mass is 16.5. The molecular weight excluding hydrogens is 204 g/mol. The molecule has 0 saturated carbocycles. The smallest absolute Gasteiger partial charge is 0.308 e. The summed E-state index contributed by atoms with van der Waals surface area (Å²) < 4.78 is 10.4. The summed E-state index contributed by atoms with van der Waals surface area (Å²) in [7, 11) is 0. The summed E-state index contributed by atoms with van der Waals surface area (Å²) in [4.78, 5) is 11.3. The third-order valence-corrected chi connectivity index (χ3v) is 2.38. The minimum Gasteiger partial charge on any atom is -0.465 e. The lowest BCUT2D eigenvalue weighted by Gasteiger charge is -2.11. The maximum atomic E-state index is 11.3. The van der Waals surface area contributed by atoms with Crippen LogP contribution in [-0.4, -0.2) is 25.8 Å². The van der Waals surface area contributed by atoms with Crippen molar-refractivity contribution in [3.8, 4) is 0 Å². The van der Waals surface area contributed by atoms with Gasteiger partial charge in [-0.3, -0.25) is 4.79 Å². The fraction of sp³-hybridized carbons (Fsp3) is 0.923. The molecule has 0 aliphatic heterocycles. The third kappa shape index (κ3) is 9.97. The van der Waals surface area contributed by atoms with Crippen molar-refractivity contribution in [3.63, 3.8) is 0 Å². The van der Waals surface area contributed by atoms with E-state index in [2.05, 4.69) is 13.8 Å². The van der Waals surface area contributed by atoms with Crippen molar-refractivity contribution in [2.75, 3.05) is 19.8 Å². The molecule has 3 heteroatoms. The summed E-state index contributed by atoms with van der Waals surface area (Å²) >= 11 is 0. The molecule has 1 unspecified atom stereocenters. The normalized spacial score (nSPS) is 12.4. The Bertz CT molecular complexity index is 169. The van der Waals surface area contributed by atoms with Crippen LogP contribution >= 0.6 is 0 Å². The fourth-order valence-corrected chi connectivity index (χ4v) is 1.35. The van der Waals surface area contributed by atoms with Crippen LogP contribution in [0.25, 0.3) is 0 Å². The molecule has 0 heterocycles. The van der Waals surface area contributed by atoms with Crippen LogP contribution in [0.15, 0.2) is 0 Å². The lowest BCUT2D eigenvalue weighted by atomic mass is 10.1. The lowest BCUT2D eigenvalue weighted by Crippen LogP contribution is -2.13. The van der Waals surface area contributed by atoms with Gasteiger partial charge in [0.05, 0.1) is 19.6 Å². The second-order valence-corrected chi connectivity index (χ2v) is 4.29. The number of carbonyl (C=O) groups is 1. The summed E-state index contributed by atoms with van der Waals surface area (Å²) in [5.74, 6) is 0.333. The summed E-state index contributed by atoms with van der Waals surface area (Å²) in [6, 6.07) is 0. The SMILES string of the molecule is CCCCC(C)COC(=O)CCOCCC. The quantitative estimate of drug-likeness (QED) is 0.427. The second kappa shape index (κ2) is 10.9. The zero-order valence-corrected chi connectivity index (χ0v) is 11.0. The van der Waals surface area contributed by atoms with Crippen LogP contribution in [0.1, 0.15) is 52.9 Å². The Morgan fingerprint density at radius 2 is 1.94 bits per heavy atom. The first-order valence-electron chi connectivity index (χ1n) is 6.44. The summed E-state index contributed by atoms with van der Waals surface area (Å²) in [5, 5.41) is 0. The molecule has 0 aliphatic carbocycles. The first-order chi connectivity index (χ1) is 7.70. The average molecular weight is 230 g/mol. The number of ether oxygens (including phenoxy) is 2. The van der Waals surface area contributed by atoms with E-state index >= 15 is 0 Å². The van der Waals surface area contributed by atoms with E-state index in [-0.39, 0.29) is 5.97 Å². The van der Waals surface area contributed by atoms with E-state index in [1.807, 2.05) is 6.92 Å². The van der Waals surface area contributed by atoms with Crippen LogP contribution in [0.4, 0.5) is 0 Å². The molecule has 0 fully saturated rings. The second-order valence-electron chi connectivity index (χ2n) is 4.29. The van der Waals surface area contributed by atoms with Crippen LogP contribution in [-0.2, 0) is 14.3 Å². The first kappa shape index (κ1) is 15.4. The van der Waals surface area contributed by atoms with Crippen molar-refractivity contribution >= 4 is 5.97 Å². The topological polar surface area (TPSA) is 35.5 Å². The summed E-state index contributed by atoms with van der Waals surface area (Å²) in [6.07, 6.45) is 4.90. The molecule has 0 aromatic carbocycles. The number of esters is 1. The van der Waals surface area contributed by atoms with E-state index in [1.165, 1.54) is 12.8 Å². The predicted octanol–water partition coefficient (Wildman–Crippen LogP) is 3.17. The van der Waals surface area contributed by atoms with Crippen LogP contribution in [0.2, 0.25) is 0 Å². The molecule has 0 bridgehead atoms. The number of rotatable bonds is 10. The molecule has 0 amide bonds. The molecule has 0 saturated heterocycles. The monoisotopic (exact) mass is 230 g/mol. The maximum absolute atomic E-state index is 11.3. The maximum Gasteiger partial charge on any atom is 0.308 e.